The first-order valence-corrected chi connectivity index (χ1v) is 11.0. The maximum atomic E-state index is 12.3. The van der Waals surface area contributed by atoms with E-state index in [4.69, 9.17) is 0 Å². The Balaban J connectivity index is 1.94. The van der Waals surface area contributed by atoms with Crippen molar-refractivity contribution in [3.8, 4) is 0 Å². The Labute approximate surface area is 151 Å². The lowest BCUT2D eigenvalue weighted by molar-refractivity contribution is -0.122. The first kappa shape index (κ1) is 19.9. The Morgan fingerprint density at radius 1 is 1.16 bits per heavy atom. The number of nitrogens with zero attached hydrogens (tertiary/aromatic N) is 1. The lowest BCUT2D eigenvalue weighted by atomic mass is 10.1. The van der Waals surface area contributed by atoms with Gasteiger partial charge in [-0.25, -0.2) is 8.42 Å². The van der Waals surface area contributed by atoms with Crippen LogP contribution in [0.2, 0.25) is 0 Å². The first-order chi connectivity index (χ1) is 11.9. The van der Waals surface area contributed by atoms with E-state index in [-0.39, 0.29) is 31.0 Å². The number of amides is 1. The minimum atomic E-state index is -3.39. The molecule has 1 saturated carbocycles. The van der Waals surface area contributed by atoms with Crippen LogP contribution >= 0.6 is 0 Å². The molecule has 1 N–H and O–H groups in total. The molecule has 1 aromatic rings. The summed E-state index contributed by atoms with van der Waals surface area (Å²) in [5.74, 6) is -0.0548. The molecule has 1 aliphatic carbocycles. The summed E-state index contributed by atoms with van der Waals surface area (Å²) in [7, 11) is -3.39. The summed E-state index contributed by atoms with van der Waals surface area (Å²) >= 11 is 0. The van der Waals surface area contributed by atoms with Gasteiger partial charge in [-0.1, -0.05) is 56.0 Å². The van der Waals surface area contributed by atoms with Crippen LogP contribution in [0.1, 0.15) is 63.5 Å². The summed E-state index contributed by atoms with van der Waals surface area (Å²) in [6, 6.07) is 9.47. The molecule has 6 heteroatoms. The molecular formula is C19H30N2O3S. The van der Waals surface area contributed by atoms with Gasteiger partial charge in [0.05, 0.1) is 6.26 Å². The monoisotopic (exact) mass is 366 g/mol. The van der Waals surface area contributed by atoms with Crippen LogP contribution in [0.15, 0.2) is 30.3 Å². The largest absolute Gasteiger partial charge is 0.353 e. The van der Waals surface area contributed by atoms with Gasteiger partial charge in [0.2, 0.25) is 15.9 Å². The average Bonchev–Trinajstić information content (AvgIpc) is 2.83. The normalized spacial score (nSPS) is 17.9. The van der Waals surface area contributed by atoms with Gasteiger partial charge in [-0.05, 0) is 25.3 Å². The van der Waals surface area contributed by atoms with Crippen molar-refractivity contribution < 1.29 is 13.2 Å². The summed E-state index contributed by atoms with van der Waals surface area (Å²) < 4.78 is 25.8. The van der Waals surface area contributed by atoms with Gasteiger partial charge in [-0.2, -0.15) is 4.31 Å². The van der Waals surface area contributed by atoms with Crippen molar-refractivity contribution in [2.75, 3.05) is 12.8 Å². The molecule has 0 saturated heterocycles. The first-order valence-electron chi connectivity index (χ1n) is 9.19. The van der Waals surface area contributed by atoms with Gasteiger partial charge in [0.15, 0.2) is 0 Å². The number of carbonyl (C=O) groups excluding carboxylic acids is 1. The molecule has 1 fully saturated rings. The van der Waals surface area contributed by atoms with E-state index in [9.17, 15) is 13.2 Å². The van der Waals surface area contributed by atoms with Crippen LogP contribution in [-0.4, -0.2) is 37.5 Å². The molecule has 1 atom stereocenters. The van der Waals surface area contributed by atoms with Gasteiger partial charge in [-0.15, -0.1) is 0 Å². The Hall–Kier alpha value is -1.40. The average molecular weight is 367 g/mol. The van der Waals surface area contributed by atoms with Crippen molar-refractivity contribution in [1.29, 1.82) is 0 Å². The Bertz CT molecular complexity index is 638. The highest BCUT2D eigenvalue weighted by Gasteiger charge is 2.25. The lowest BCUT2D eigenvalue weighted by Gasteiger charge is -2.27. The molecule has 5 nitrogen and oxygen atoms in total. The molecule has 0 bridgehead atoms. The molecule has 0 aromatic heterocycles. The Morgan fingerprint density at radius 2 is 1.76 bits per heavy atom. The predicted molar refractivity (Wildman–Crippen MR) is 101 cm³/mol. The zero-order valence-corrected chi connectivity index (χ0v) is 16.1. The second kappa shape index (κ2) is 9.34. The Kier molecular flexibility index (Phi) is 7.44. The minimum absolute atomic E-state index is 0.0548. The number of rotatable bonds is 7. The van der Waals surface area contributed by atoms with Crippen molar-refractivity contribution in [2.45, 2.75) is 64.0 Å². The molecule has 25 heavy (non-hydrogen) atoms. The van der Waals surface area contributed by atoms with E-state index in [1.54, 1.807) is 0 Å². The highest BCUT2D eigenvalue weighted by molar-refractivity contribution is 7.88. The third-order valence-electron chi connectivity index (χ3n) is 4.92. The molecule has 1 aromatic carbocycles. The molecule has 1 amide bonds. The third-order valence-corrected chi connectivity index (χ3v) is 6.27. The fourth-order valence-electron chi connectivity index (χ4n) is 3.48. The molecule has 0 aliphatic heterocycles. The molecule has 0 spiro atoms. The van der Waals surface area contributed by atoms with Crippen molar-refractivity contribution in [1.82, 2.24) is 9.62 Å². The number of hydrogen-bond donors (Lipinski definition) is 1. The summed E-state index contributed by atoms with van der Waals surface area (Å²) in [6.45, 7) is 2.06. The van der Waals surface area contributed by atoms with E-state index in [0.29, 0.717) is 0 Å². The number of hydrogen-bond acceptors (Lipinski definition) is 3. The fourth-order valence-corrected chi connectivity index (χ4v) is 4.60. The van der Waals surface area contributed by atoms with Gasteiger partial charge in [0.1, 0.15) is 0 Å². The van der Waals surface area contributed by atoms with Crippen LogP contribution in [0.4, 0.5) is 0 Å². The summed E-state index contributed by atoms with van der Waals surface area (Å²) in [5.41, 5.74) is 0.928. The number of nitrogens with one attached hydrogen (secondary N) is 1. The maximum absolute atomic E-state index is 12.3. The van der Waals surface area contributed by atoms with E-state index in [0.717, 1.165) is 31.2 Å². The van der Waals surface area contributed by atoms with Crippen molar-refractivity contribution in [3.05, 3.63) is 35.9 Å². The van der Waals surface area contributed by atoms with Crippen molar-refractivity contribution >= 4 is 15.9 Å². The van der Waals surface area contributed by atoms with Gasteiger partial charge in [0, 0.05) is 25.0 Å². The molecule has 0 radical (unpaired) electrons. The third kappa shape index (κ3) is 6.44. The smallest absolute Gasteiger partial charge is 0.221 e. The number of carbonyl (C=O) groups is 1. The summed E-state index contributed by atoms with van der Waals surface area (Å²) in [4.78, 5) is 12.3. The van der Waals surface area contributed by atoms with Crippen LogP contribution in [-0.2, 0) is 14.8 Å². The summed E-state index contributed by atoms with van der Waals surface area (Å²) in [6.07, 6.45) is 8.25. The standard InChI is InChI=1S/C19H30N2O3S/c1-16(17-10-6-5-7-11-17)21(25(2,23)24)15-14-19(22)20-18-12-8-3-4-9-13-18/h5-7,10-11,16,18H,3-4,8-9,12-15H2,1-2H3,(H,20,22). The zero-order chi connectivity index (χ0) is 18.3. The second-order valence-corrected chi connectivity index (χ2v) is 8.90. The maximum Gasteiger partial charge on any atom is 0.221 e. The number of benzene rings is 1. The van der Waals surface area contributed by atoms with E-state index >= 15 is 0 Å². The SMILES string of the molecule is CC(c1ccccc1)N(CCC(=O)NC1CCCCCC1)S(C)(=O)=O. The van der Waals surface area contributed by atoms with Gasteiger partial charge in [0.25, 0.3) is 0 Å². The second-order valence-electron chi connectivity index (χ2n) is 6.97. The molecule has 1 aliphatic rings. The highest BCUT2D eigenvalue weighted by Crippen LogP contribution is 2.23. The topological polar surface area (TPSA) is 66.5 Å². The molecule has 140 valence electrons. The molecular weight excluding hydrogens is 336 g/mol. The van der Waals surface area contributed by atoms with E-state index in [2.05, 4.69) is 5.32 Å². The van der Waals surface area contributed by atoms with Gasteiger partial charge < -0.3 is 5.32 Å². The summed E-state index contributed by atoms with van der Waals surface area (Å²) in [5, 5.41) is 3.08. The van der Waals surface area contributed by atoms with E-state index in [1.807, 2.05) is 37.3 Å². The van der Waals surface area contributed by atoms with E-state index in [1.165, 1.54) is 23.4 Å². The van der Waals surface area contributed by atoms with E-state index < -0.39 is 10.0 Å². The van der Waals surface area contributed by atoms with Gasteiger partial charge >= 0.3 is 0 Å². The molecule has 2 rings (SSSR count). The quantitative estimate of drug-likeness (QED) is 0.753. The Morgan fingerprint density at radius 3 is 2.32 bits per heavy atom. The van der Waals surface area contributed by atoms with Crippen LogP contribution in [0.5, 0.6) is 0 Å². The fraction of sp³-hybridized carbons (Fsp3) is 0.632. The van der Waals surface area contributed by atoms with Crippen LogP contribution < -0.4 is 5.32 Å². The van der Waals surface area contributed by atoms with Crippen molar-refractivity contribution in [2.24, 2.45) is 0 Å². The minimum Gasteiger partial charge on any atom is -0.353 e. The number of sulfonamides is 1. The van der Waals surface area contributed by atoms with Crippen molar-refractivity contribution in [3.63, 3.8) is 0 Å². The molecule has 0 heterocycles. The highest BCUT2D eigenvalue weighted by atomic mass is 32.2. The molecule has 1 unspecified atom stereocenters. The van der Waals surface area contributed by atoms with Crippen LogP contribution in [0.3, 0.4) is 0 Å². The van der Waals surface area contributed by atoms with Crippen LogP contribution in [0, 0.1) is 0 Å². The zero-order valence-electron chi connectivity index (χ0n) is 15.3. The lowest BCUT2D eigenvalue weighted by Crippen LogP contribution is -2.39. The van der Waals surface area contributed by atoms with Crippen LogP contribution in [0.25, 0.3) is 0 Å². The van der Waals surface area contributed by atoms with Gasteiger partial charge in [-0.3, -0.25) is 4.79 Å². The predicted octanol–water partition coefficient (Wildman–Crippen LogP) is 3.24.